The van der Waals surface area contributed by atoms with Crippen molar-refractivity contribution in [3.05, 3.63) is 223 Å². The van der Waals surface area contributed by atoms with Crippen LogP contribution in [0.15, 0.2) is 200 Å². The van der Waals surface area contributed by atoms with Gasteiger partial charge in [-0.1, -0.05) is 158 Å². The van der Waals surface area contributed by atoms with Gasteiger partial charge in [-0.05, 0) is 70.7 Å². The molecule has 0 amide bonds. The minimum atomic E-state index is 0.0421. The molecule has 1 aliphatic rings. The third kappa shape index (κ3) is 6.53. The molecule has 2 aromatic heterocycles. The van der Waals surface area contributed by atoms with Gasteiger partial charge >= 0.3 is 0 Å². The number of nitrogens with one attached hydrogen (secondary N) is 1. The molecule has 0 saturated heterocycles. The van der Waals surface area contributed by atoms with E-state index in [2.05, 4.69) is 114 Å². The smallest absolute Gasteiger partial charge is 0.163 e. The van der Waals surface area contributed by atoms with Crippen LogP contribution in [0.2, 0.25) is 0 Å². The minimum absolute atomic E-state index is 0.0421. The van der Waals surface area contributed by atoms with Crippen molar-refractivity contribution in [3.63, 3.8) is 0 Å². The zero-order valence-corrected chi connectivity index (χ0v) is 30.2. The van der Waals surface area contributed by atoms with E-state index in [0.29, 0.717) is 17.4 Å². The fourth-order valence-electron chi connectivity index (χ4n) is 7.57. The van der Waals surface area contributed by atoms with Gasteiger partial charge in [0, 0.05) is 28.3 Å². The van der Waals surface area contributed by atoms with Crippen molar-refractivity contribution in [2.24, 2.45) is 0 Å². The normalized spacial score (nSPS) is 13.9. The summed E-state index contributed by atoms with van der Waals surface area (Å²) in [5.74, 6) is 1.34. The van der Waals surface area contributed by atoms with E-state index in [0.717, 1.165) is 62.4 Å². The van der Waals surface area contributed by atoms with Gasteiger partial charge in [0.1, 0.15) is 0 Å². The Kier molecular flexibility index (Phi) is 8.94. The van der Waals surface area contributed by atoms with Gasteiger partial charge in [0.25, 0.3) is 0 Å². The van der Waals surface area contributed by atoms with Crippen LogP contribution in [0.4, 0.5) is 0 Å². The van der Waals surface area contributed by atoms with E-state index < -0.39 is 0 Å². The molecule has 0 bridgehead atoms. The highest BCUT2D eigenvalue weighted by atomic mass is 15.1. The summed E-state index contributed by atoms with van der Waals surface area (Å²) in [5, 5.41) is 9.35. The predicted molar refractivity (Wildman–Crippen MR) is 225 cm³/mol. The summed E-state index contributed by atoms with van der Waals surface area (Å²) in [6.45, 7) is 4.22. The largest absolute Gasteiger partial charge is 0.297 e. The molecule has 8 aromatic rings. The first-order valence-corrected chi connectivity index (χ1v) is 18.5. The van der Waals surface area contributed by atoms with E-state index in [1.165, 1.54) is 16.7 Å². The Morgan fingerprint density at radius 3 is 1.91 bits per heavy atom. The Bertz CT molecular complexity index is 2680. The number of hydrogen-bond donors (Lipinski definition) is 1. The quantitative estimate of drug-likeness (QED) is 0.120. The van der Waals surface area contributed by atoms with Crippen LogP contribution in [0.3, 0.4) is 0 Å². The summed E-state index contributed by atoms with van der Waals surface area (Å²) >= 11 is 0. The summed E-state index contributed by atoms with van der Waals surface area (Å²) in [4.78, 5) is 14.9. The Morgan fingerprint density at radius 1 is 0.618 bits per heavy atom. The molecule has 262 valence electrons. The maximum Gasteiger partial charge on any atom is 0.163 e. The number of benzene rings is 6. The third-order valence-electron chi connectivity index (χ3n) is 10.3. The molecule has 6 aromatic carbocycles. The van der Waals surface area contributed by atoms with Crippen LogP contribution in [0.1, 0.15) is 34.9 Å². The standard InChI is InChI=1S/C50H37N5/c1-2-34(32-44(51)50-54-45-24-14-15-25-48(45)55(50)39-20-10-5-11-21-39)40-30-31-41(43-23-13-12-22-42(40)43)35-26-28-37(29-27-35)47-33-46(36-16-6-3-7-17-36)52-49(53-47)38-18-8-4-9-19-38/h2-29,31-33,40,51H,1,30H2/b34-32+,51-44?. The molecule has 1 aliphatic carbocycles. The number of rotatable bonds is 9. The monoisotopic (exact) mass is 707 g/mol. The number of allylic oxidation sites excluding steroid dienone is 4. The number of hydrogen-bond acceptors (Lipinski definition) is 4. The lowest BCUT2D eigenvalue weighted by Crippen LogP contribution is -2.12. The predicted octanol–water partition coefficient (Wildman–Crippen LogP) is 11.9. The number of fused-ring (bicyclic) bond motifs is 2. The number of para-hydroxylation sites is 3. The Morgan fingerprint density at radius 2 is 1.20 bits per heavy atom. The molecular weight excluding hydrogens is 671 g/mol. The third-order valence-corrected chi connectivity index (χ3v) is 10.3. The van der Waals surface area contributed by atoms with Crippen molar-refractivity contribution in [2.75, 3.05) is 0 Å². The first-order chi connectivity index (χ1) is 27.1. The van der Waals surface area contributed by atoms with Crippen LogP contribution in [-0.2, 0) is 0 Å². The molecule has 0 saturated carbocycles. The fraction of sp³-hybridized carbons (Fsp3) is 0.0400. The number of nitrogens with zero attached hydrogens (tertiary/aromatic N) is 4. The molecule has 2 heterocycles. The van der Waals surface area contributed by atoms with Gasteiger partial charge in [-0.2, -0.15) is 0 Å². The van der Waals surface area contributed by atoms with Gasteiger partial charge < -0.3 is 0 Å². The van der Waals surface area contributed by atoms with Crippen LogP contribution in [-0.4, -0.2) is 25.2 Å². The van der Waals surface area contributed by atoms with Crippen LogP contribution < -0.4 is 0 Å². The van der Waals surface area contributed by atoms with Crippen LogP contribution in [0.25, 0.3) is 56.2 Å². The van der Waals surface area contributed by atoms with E-state index in [4.69, 9.17) is 15.0 Å². The molecule has 1 N–H and O–H groups in total. The van der Waals surface area contributed by atoms with Gasteiger partial charge in [0.05, 0.1) is 28.1 Å². The molecule has 0 aliphatic heterocycles. The average molecular weight is 708 g/mol. The maximum atomic E-state index is 9.35. The lowest BCUT2D eigenvalue weighted by molar-refractivity contribution is 0.815. The summed E-state index contributed by atoms with van der Waals surface area (Å²) in [7, 11) is 0. The summed E-state index contributed by atoms with van der Waals surface area (Å²) < 4.78 is 2.07. The van der Waals surface area contributed by atoms with Gasteiger partial charge in [-0.15, -0.1) is 0 Å². The first-order valence-electron chi connectivity index (χ1n) is 18.5. The molecule has 9 rings (SSSR count). The molecule has 1 unspecified atom stereocenters. The second-order valence-electron chi connectivity index (χ2n) is 13.6. The summed E-state index contributed by atoms with van der Waals surface area (Å²) in [6, 6.07) is 58.0. The zero-order valence-electron chi connectivity index (χ0n) is 30.2. The van der Waals surface area contributed by atoms with Crippen molar-refractivity contribution < 1.29 is 0 Å². The highest BCUT2D eigenvalue weighted by molar-refractivity contribution is 6.07. The van der Waals surface area contributed by atoms with Gasteiger partial charge in [0.15, 0.2) is 11.6 Å². The van der Waals surface area contributed by atoms with Crippen molar-refractivity contribution in [3.8, 4) is 39.6 Å². The van der Waals surface area contributed by atoms with Gasteiger partial charge in [-0.25, -0.2) is 15.0 Å². The summed E-state index contributed by atoms with van der Waals surface area (Å²) in [5.41, 5.74) is 13.7. The SMILES string of the molecule is C=C/C(=C\C(=N)c1nc2ccccc2n1-c1ccccc1)C1CC=C(c2ccc(-c3cc(-c4ccccc4)nc(-c4ccccc4)n3)cc2)c2ccccc21. The maximum absolute atomic E-state index is 9.35. The van der Waals surface area contributed by atoms with E-state index >= 15 is 0 Å². The lowest BCUT2D eigenvalue weighted by atomic mass is 9.77. The van der Waals surface area contributed by atoms with E-state index in [9.17, 15) is 5.41 Å². The molecule has 0 radical (unpaired) electrons. The highest BCUT2D eigenvalue weighted by Gasteiger charge is 2.25. The molecule has 5 nitrogen and oxygen atoms in total. The molecule has 55 heavy (non-hydrogen) atoms. The molecule has 0 fully saturated rings. The number of imidazole rings is 1. The Hall–Kier alpha value is -7.24. The minimum Gasteiger partial charge on any atom is -0.297 e. The lowest BCUT2D eigenvalue weighted by Gasteiger charge is -2.27. The average Bonchev–Trinajstić information content (AvgIpc) is 3.66. The van der Waals surface area contributed by atoms with Crippen molar-refractivity contribution >= 4 is 22.3 Å². The van der Waals surface area contributed by atoms with Crippen LogP contribution in [0, 0.1) is 5.41 Å². The molecule has 5 heteroatoms. The number of aromatic nitrogens is 4. The second-order valence-corrected chi connectivity index (χ2v) is 13.6. The molecule has 1 atom stereocenters. The van der Waals surface area contributed by atoms with E-state index in [-0.39, 0.29) is 5.92 Å². The Balaban J connectivity index is 1.04. The van der Waals surface area contributed by atoms with Gasteiger partial charge in [-0.3, -0.25) is 9.98 Å². The van der Waals surface area contributed by atoms with Crippen molar-refractivity contribution in [1.29, 1.82) is 5.41 Å². The van der Waals surface area contributed by atoms with Crippen LogP contribution in [0.5, 0.6) is 0 Å². The summed E-state index contributed by atoms with van der Waals surface area (Å²) in [6.07, 6.45) is 6.95. The fourth-order valence-corrected chi connectivity index (χ4v) is 7.57. The van der Waals surface area contributed by atoms with Crippen LogP contribution >= 0.6 is 0 Å². The molecular formula is C50H37N5. The molecule has 0 spiro atoms. The highest BCUT2D eigenvalue weighted by Crippen LogP contribution is 2.42. The van der Waals surface area contributed by atoms with E-state index in [1.807, 2.05) is 84.9 Å². The first kappa shape index (κ1) is 33.6. The zero-order chi connectivity index (χ0) is 37.1. The van der Waals surface area contributed by atoms with Crippen molar-refractivity contribution in [1.82, 2.24) is 19.5 Å². The topological polar surface area (TPSA) is 67.5 Å². The second kappa shape index (κ2) is 14.6. The van der Waals surface area contributed by atoms with Crippen molar-refractivity contribution in [2.45, 2.75) is 12.3 Å². The van der Waals surface area contributed by atoms with Gasteiger partial charge in [0.2, 0.25) is 0 Å². The van der Waals surface area contributed by atoms with E-state index in [1.54, 1.807) is 0 Å². The Labute approximate surface area is 320 Å².